The van der Waals surface area contributed by atoms with Gasteiger partial charge in [0.1, 0.15) is 0 Å². The predicted molar refractivity (Wildman–Crippen MR) is 75.6 cm³/mol. The largest absolute Gasteiger partial charge is 0.296 e. The SMILES string of the molecule is CC1CCCN(CC(=O)c2ccc(Cl)c(Cl)c2)C1. The number of nitrogens with zero attached hydrogens (tertiary/aromatic N) is 1. The fourth-order valence-corrected chi connectivity index (χ4v) is 2.69. The normalized spacial score (nSPS) is 20.9. The van der Waals surface area contributed by atoms with Crippen LogP contribution in [0.2, 0.25) is 10.0 Å². The average Bonchev–Trinajstić information content (AvgIpc) is 2.32. The first-order valence-corrected chi connectivity index (χ1v) is 7.02. The molecule has 0 spiro atoms. The van der Waals surface area contributed by atoms with Crippen LogP contribution in [0.3, 0.4) is 0 Å². The minimum absolute atomic E-state index is 0.114. The lowest BCUT2D eigenvalue weighted by molar-refractivity contribution is 0.0893. The molecule has 2 rings (SSSR count). The second-order valence-electron chi connectivity index (χ2n) is 5.03. The molecule has 0 aliphatic carbocycles. The number of Topliss-reactive ketones (excluding diaryl/α,β-unsaturated/α-hetero) is 1. The molecule has 1 aromatic carbocycles. The second-order valence-corrected chi connectivity index (χ2v) is 5.85. The zero-order chi connectivity index (χ0) is 13.1. The quantitative estimate of drug-likeness (QED) is 0.785. The molecule has 1 aliphatic rings. The molecule has 4 heteroatoms. The van der Waals surface area contributed by atoms with E-state index in [1.165, 1.54) is 12.8 Å². The molecule has 0 saturated carbocycles. The zero-order valence-corrected chi connectivity index (χ0v) is 12.0. The Labute approximate surface area is 118 Å². The Morgan fingerprint density at radius 3 is 2.83 bits per heavy atom. The molecule has 0 aromatic heterocycles. The van der Waals surface area contributed by atoms with E-state index in [4.69, 9.17) is 23.2 Å². The zero-order valence-electron chi connectivity index (χ0n) is 10.5. The van der Waals surface area contributed by atoms with E-state index < -0.39 is 0 Å². The van der Waals surface area contributed by atoms with Gasteiger partial charge in [-0.2, -0.15) is 0 Å². The lowest BCUT2D eigenvalue weighted by atomic mass is 9.99. The molecule has 1 unspecified atom stereocenters. The highest BCUT2D eigenvalue weighted by Crippen LogP contribution is 2.23. The topological polar surface area (TPSA) is 20.3 Å². The first-order chi connectivity index (χ1) is 8.56. The van der Waals surface area contributed by atoms with Crippen LogP contribution in [0.4, 0.5) is 0 Å². The number of benzene rings is 1. The molecule has 1 saturated heterocycles. The molecule has 1 aromatic rings. The van der Waals surface area contributed by atoms with Crippen molar-refractivity contribution in [1.29, 1.82) is 0 Å². The highest BCUT2D eigenvalue weighted by molar-refractivity contribution is 6.42. The van der Waals surface area contributed by atoms with Crippen molar-refractivity contribution >= 4 is 29.0 Å². The van der Waals surface area contributed by atoms with E-state index >= 15 is 0 Å². The predicted octanol–water partition coefficient (Wildman–Crippen LogP) is 3.91. The molecule has 2 nitrogen and oxygen atoms in total. The van der Waals surface area contributed by atoms with E-state index in [9.17, 15) is 4.79 Å². The summed E-state index contributed by atoms with van der Waals surface area (Å²) in [7, 11) is 0. The van der Waals surface area contributed by atoms with E-state index in [1.54, 1.807) is 18.2 Å². The Morgan fingerprint density at radius 2 is 2.17 bits per heavy atom. The van der Waals surface area contributed by atoms with E-state index in [1.807, 2.05) is 0 Å². The van der Waals surface area contributed by atoms with Gasteiger partial charge in [-0.3, -0.25) is 9.69 Å². The Morgan fingerprint density at radius 1 is 1.39 bits per heavy atom. The Hall–Kier alpha value is -0.570. The summed E-state index contributed by atoms with van der Waals surface area (Å²) in [6.07, 6.45) is 2.44. The highest BCUT2D eigenvalue weighted by Gasteiger charge is 2.19. The van der Waals surface area contributed by atoms with Crippen molar-refractivity contribution in [2.75, 3.05) is 19.6 Å². The van der Waals surface area contributed by atoms with Gasteiger partial charge in [0.25, 0.3) is 0 Å². The van der Waals surface area contributed by atoms with Crippen molar-refractivity contribution in [1.82, 2.24) is 4.90 Å². The van der Waals surface area contributed by atoms with Crippen LogP contribution in [0.15, 0.2) is 18.2 Å². The first-order valence-electron chi connectivity index (χ1n) is 6.27. The third-order valence-electron chi connectivity index (χ3n) is 3.35. The molecular weight excluding hydrogens is 269 g/mol. The van der Waals surface area contributed by atoms with Crippen molar-refractivity contribution in [3.05, 3.63) is 33.8 Å². The van der Waals surface area contributed by atoms with Crippen LogP contribution in [0.5, 0.6) is 0 Å². The smallest absolute Gasteiger partial charge is 0.176 e. The summed E-state index contributed by atoms with van der Waals surface area (Å²) in [5, 5.41) is 0.925. The first kappa shape index (κ1) is 13.9. The Kier molecular flexibility index (Phi) is 4.66. The molecule has 1 heterocycles. The number of hydrogen-bond acceptors (Lipinski definition) is 2. The van der Waals surface area contributed by atoms with Gasteiger partial charge in [-0.15, -0.1) is 0 Å². The molecule has 0 N–H and O–H groups in total. The van der Waals surface area contributed by atoms with Crippen LogP contribution in [0, 0.1) is 5.92 Å². The molecule has 1 atom stereocenters. The second kappa shape index (κ2) is 6.05. The van der Waals surface area contributed by atoms with Gasteiger partial charge >= 0.3 is 0 Å². The van der Waals surface area contributed by atoms with Crippen LogP contribution in [0.25, 0.3) is 0 Å². The van der Waals surface area contributed by atoms with E-state index in [0.29, 0.717) is 28.1 Å². The van der Waals surface area contributed by atoms with Gasteiger partial charge in [0, 0.05) is 12.1 Å². The summed E-state index contributed by atoms with van der Waals surface area (Å²) < 4.78 is 0. The number of ketones is 1. The maximum atomic E-state index is 12.1. The third-order valence-corrected chi connectivity index (χ3v) is 4.09. The third kappa shape index (κ3) is 3.47. The van der Waals surface area contributed by atoms with E-state index in [0.717, 1.165) is 13.1 Å². The summed E-state index contributed by atoms with van der Waals surface area (Å²) >= 11 is 11.8. The molecule has 18 heavy (non-hydrogen) atoms. The number of carbonyl (C=O) groups is 1. The van der Waals surface area contributed by atoms with Crippen molar-refractivity contribution in [3.63, 3.8) is 0 Å². The highest BCUT2D eigenvalue weighted by atomic mass is 35.5. The van der Waals surface area contributed by atoms with E-state index in [2.05, 4.69) is 11.8 Å². The Bertz CT molecular complexity index is 447. The number of likely N-dealkylation sites (tertiary alicyclic amines) is 1. The number of rotatable bonds is 3. The Balaban J connectivity index is 2.00. The van der Waals surface area contributed by atoms with E-state index in [-0.39, 0.29) is 5.78 Å². The van der Waals surface area contributed by atoms with Crippen molar-refractivity contribution < 1.29 is 4.79 Å². The van der Waals surface area contributed by atoms with Gasteiger partial charge in [-0.1, -0.05) is 30.1 Å². The monoisotopic (exact) mass is 285 g/mol. The summed E-state index contributed by atoms with van der Waals surface area (Å²) in [5.74, 6) is 0.794. The van der Waals surface area contributed by atoms with Crippen molar-refractivity contribution in [2.45, 2.75) is 19.8 Å². The average molecular weight is 286 g/mol. The van der Waals surface area contributed by atoms with Crippen LogP contribution < -0.4 is 0 Å². The lowest BCUT2D eigenvalue weighted by Gasteiger charge is -2.30. The fourth-order valence-electron chi connectivity index (χ4n) is 2.39. The van der Waals surface area contributed by atoms with Crippen molar-refractivity contribution in [3.8, 4) is 0 Å². The van der Waals surface area contributed by atoms with Gasteiger partial charge in [-0.25, -0.2) is 0 Å². The summed E-state index contributed by atoms with van der Waals surface area (Å²) in [5.41, 5.74) is 0.641. The van der Waals surface area contributed by atoms with Gasteiger partial charge in [0.2, 0.25) is 0 Å². The molecular formula is C14H17Cl2NO. The molecule has 1 aliphatic heterocycles. The minimum Gasteiger partial charge on any atom is -0.296 e. The number of carbonyl (C=O) groups excluding carboxylic acids is 1. The lowest BCUT2D eigenvalue weighted by Crippen LogP contribution is -2.37. The number of hydrogen-bond donors (Lipinski definition) is 0. The fraction of sp³-hybridized carbons (Fsp3) is 0.500. The standard InChI is InChI=1S/C14H17Cl2NO/c1-10-3-2-6-17(8-10)9-14(18)11-4-5-12(15)13(16)7-11/h4-5,7,10H,2-3,6,8-9H2,1H3. The maximum Gasteiger partial charge on any atom is 0.176 e. The maximum absolute atomic E-state index is 12.1. The van der Waals surface area contributed by atoms with Crippen LogP contribution in [0.1, 0.15) is 30.1 Å². The van der Waals surface area contributed by atoms with Gasteiger partial charge < -0.3 is 0 Å². The molecule has 0 radical (unpaired) electrons. The summed E-state index contributed by atoms with van der Waals surface area (Å²) in [6.45, 7) is 4.72. The van der Waals surface area contributed by atoms with Crippen LogP contribution in [-0.2, 0) is 0 Å². The van der Waals surface area contributed by atoms with Gasteiger partial charge in [0.15, 0.2) is 5.78 Å². The summed E-state index contributed by atoms with van der Waals surface area (Å²) in [6, 6.07) is 5.07. The van der Waals surface area contributed by atoms with Crippen LogP contribution in [-0.4, -0.2) is 30.3 Å². The van der Waals surface area contributed by atoms with Gasteiger partial charge in [-0.05, 0) is 43.5 Å². The minimum atomic E-state index is 0.114. The summed E-state index contributed by atoms with van der Waals surface area (Å²) in [4.78, 5) is 14.4. The molecule has 98 valence electrons. The number of piperidine rings is 1. The van der Waals surface area contributed by atoms with Crippen LogP contribution >= 0.6 is 23.2 Å². The van der Waals surface area contributed by atoms with Crippen molar-refractivity contribution in [2.24, 2.45) is 5.92 Å². The molecule has 1 fully saturated rings. The number of halogens is 2. The molecule has 0 bridgehead atoms. The van der Waals surface area contributed by atoms with Gasteiger partial charge in [0.05, 0.1) is 16.6 Å². The molecule has 0 amide bonds.